The molecule has 108 valence electrons. The number of halogens is 2. The Morgan fingerprint density at radius 2 is 1.95 bits per heavy atom. The molecule has 1 N–H and O–H groups in total. The molecule has 0 aliphatic heterocycles. The van der Waals surface area contributed by atoms with E-state index in [0.717, 1.165) is 11.5 Å². The molecule has 0 saturated heterocycles. The van der Waals surface area contributed by atoms with Gasteiger partial charge in [-0.3, -0.25) is 4.79 Å². The average Bonchev–Trinajstić information content (AvgIpc) is 3.00. The lowest BCUT2D eigenvalue weighted by atomic mass is 9.95. The Hall–Kier alpha value is -0.730. The van der Waals surface area contributed by atoms with Gasteiger partial charge in [0.15, 0.2) is 0 Å². The summed E-state index contributed by atoms with van der Waals surface area (Å²) < 4.78 is 0. The highest BCUT2D eigenvalue weighted by Gasteiger charge is 2.39. The number of hydrogen-bond acceptors (Lipinski definition) is 1. The number of nitrogens with one attached hydrogen (secondary N) is 1. The summed E-state index contributed by atoms with van der Waals surface area (Å²) in [6, 6.07) is 5.86. The predicted molar refractivity (Wildman–Crippen MR) is 82.2 cm³/mol. The van der Waals surface area contributed by atoms with Crippen LogP contribution in [0.15, 0.2) is 18.2 Å². The lowest BCUT2D eigenvalue weighted by molar-refractivity contribution is -0.122. The van der Waals surface area contributed by atoms with Crippen molar-refractivity contribution in [1.29, 1.82) is 0 Å². The SMILES string of the molecule is O=C(CCc1c(Cl)cccc1Cl)N[C@@H]1C[C@H]2CC[C@H]1C2. The molecule has 0 radical (unpaired) electrons. The van der Waals surface area contributed by atoms with Crippen LogP contribution in [0.25, 0.3) is 0 Å². The standard InChI is InChI=1S/C16H19Cl2NO/c17-13-2-1-3-14(18)12(13)6-7-16(20)19-15-9-10-4-5-11(15)8-10/h1-3,10-11,15H,4-9H2,(H,19,20)/t10-,11-,15+/m0/s1. The molecule has 4 heteroatoms. The van der Waals surface area contributed by atoms with Gasteiger partial charge in [-0.05, 0) is 55.2 Å². The fraction of sp³-hybridized carbons (Fsp3) is 0.562. The molecule has 1 amide bonds. The number of amides is 1. The maximum absolute atomic E-state index is 12.1. The molecule has 2 fully saturated rings. The highest BCUT2D eigenvalue weighted by molar-refractivity contribution is 6.36. The minimum atomic E-state index is 0.124. The van der Waals surface area contributed by atoms with Crippen LogP contribution >= 0.6 is 23.2 Å². The van der Waals surface area contributed by atoms with Gasteiger partial charge >= 0.3 is 0 Å². The maximum atomic E-state index is 12.1. The third-order valence-corrected chi connectivity index (χ3v) is 5.46. The van der Waals surface area contributed by atoms with Gasteiger partial charge in [-0.15, -0.1) is 0 Å². The van der Waals surface area contributed by atoms with Crippen molar-refractivity contribution >= 4 is 29.1 Å². The molecule has 0 heterocycles. The maximum Gasteiger partial charge on any atom is 0.220 e. The summed E-state index contributed by atoms with van der Waals surface area (Å²) in [5.74, 6) is 1.69. The lowest BCUT2D eigenvalue weighted by Gasteiger charge is -2.23. The van der Waals surface area contributed by atoms with E-state index in [1.807, 2.05) is 18.2 Å². The van der Waals surface area contributed by atoms with Crippen molar-refractivity contribution in [3.8, 4) is 0 Å². The summed E-state index contributed by atoms with van der Waals surface area (Å²) in [6.45, 7) is 0. The van der Waals surface area contributed by atoms with Gasteiger partial charge in [0.2, 0.25) is 5.91 Å². The van der Waals surface area contributed by atoms with E-state index in [2.05, 4.69) is 5.32 Å². The van der Waals surface area contributed by atoms with Crippen LogP contribution < -0.4 is 5.32 Å². The molecule has 0 aromatic heterocycles. The van der Waals surface area contributed by atoms with Crippen molar-refractivity contribution in [2.75, 3.05) is 0 Å². The van der Waals surface area contributed by atoms with Gasteiger partial charge in [0, 0.05) is 22.5 Å². The molecular formula is C16H19Cl2NO. The van der Waals surface area contributed by atoms with E-state index in [-0.39, 0.29) is 5.91 Å². The number of benzene rings is 1. The molecule has 1 aromatic rings. The third kappa shape index (κ3) is 2.96. The van der Waals surface area contributed by atoms with Crippen molar-refractivity contribution in [1.82, 2.24) is 5.32 Å². The van der Waals surface area contributed by atoms with Crippen molar-refractivity contribution < 1.29 is 4.79 Å². The van der Waals surface area contributed by atoms with E-state index in [0.29, 0.717) is 34.8 Å². The van der Waals surface area contributed by atoms with E-state index >= 15 is 0 Å². The van der Waals surface area contributed by atoms with Gasteiger partial charge < -0.3 is 5.32 Å². The van der Waals surface area contributed by atoms with Crippen LogP contribution in [0, 0.1) is 11.8 Å². The molecule has 2 aliphatic carbocycles. The monoisotopic (exact) mass is 311 g/mol. The molecule has 1 aromatic carbocycles. The molecule has 3 atom stereocenters. The van der Waals surface area contributed by atoms with Gasteiger partial charge in [-0.25, -0.2) is 0 Å². The van der Waals surface area contributed by atoms with Crippen molar-refractivity contribution in [2.24, 2.45) is 11.8 Å². The fourth-order valence-electron chi connectivity index (χ4n) is 3.71. The zero-order chi connectivity index (χ0) is 14.1. The Morgan fingerprint density at radius 3 is 2.55 bits per heavy atom. The first-order valence-corrected chi connectivity index (χ1v) is 8.11. The number of carbonyl (C=O) groups excluding carboxylic acids is 1. The molecule has 20 heavy (non-hydrogen) atoms. The van der Waals surface area contributed by atoms with Crippen LogP contribution in [0.3, 0.4) is 0 Å². The second-order valence-corrected chi connectivity index (χ2v) is 6.86. The fourth-order valence-corrected chi connectivity index (χ4v) is 4.30. The second-order valence-electron chi connectivity index (χ2n) is 6.05. The van der Waals surface area contributed by atoms with Crippen molar-refractivity contribution in [2.45, 2.75) is 44.6 Å². The Kier molecular flexibility index (Phi) is 4.23. The van der Waals surface area contributed by atoms with Gasteiger partial charge in [0.25, 0.3) is 0 Å². The average molecular weight is 312 g/mol. The normalized spacial score (nSPS) is 27.8. The summed E-state index contributed by atoms with van der Waals surface area (Å²) in [5.41, 5.74) is 0.874. The first kappa shape index (κ1) is 14.2. The summed E-state index contributed by atoms with van der Waals surface area (Å²) >= 11 is 12.2. The summed E-state index contributed by atoms with van der Waals surface area (Å²) in [6.07, 6.45) is 6.17. The van der Waals surface area contributed by atoms with Crippen molar-refractivity contribution in [3.05, 3.63) is 33.8 Å². The topological polar surface area (TPSA) is 29.1 Å². The summed E-state index contributed by atoms with van der Waals surface area (Å²) in [5, 5.41) is 4.48. The molecule has 2 saturated carbocycles. The van der Waals surface area contributed by atoms with E-state index in [1.54, 1.807) is 0 Å². The zero-order valence-corrected chi connectivity index (χ0v) is 12.9. The van der Waals surface area contributed by atoms with E-state index in [9.17, 15) is 4.79 Å². The van der Waals surface area contributed by atoms with E-state index in [1.165, 1.54) is 25.7 Å². The van der Waals surface area contributed by atoms with Crippen molar-refractivity contribution in [3.63, 3.8) is 0 Å². The van der Waals surface area contributed by atoms with Crippen LogP contribution in [0.5, 0.6) is 0 Å². The number of carbonyl (C=O) groups is 1. The zero-order valence-electron chi connectivity index (χ0n) is 11.4. The van der Waals surface area contributed by atoms with Crippen LogP contribution in [0.1, 0.15) is 37.7 Å². The quantitative estimate of drug-likeness (QED) is 0.885. The van der Waals surface area contributed by atoms with Gasteiger partial charge in [0.1, 0.15) is 0 Å². The molecule has 0 spiro atoms. The molecule has 3 rings (SSSR count). The van der Waals surface area contributed by atoms with E-state index in [4.69, 9.17) is 23.2 Å². The number of fused-ring (bicyclic) bond motifs is 2. The predicted octanol–water partition coefficient (Wildman–Crippen LogP) is 4.23. The van der Waals surface area contributed by atoms with Crippen LogP contribution in [0.4, 0.5) is 0 Å². The van der Waals surface area contributed by atoms with Crippen LogP contribution in [-0.2, 0) is 11.2 Å². The lowest BCUT2D eigenvalue weighted by Crippen LogP contribution is -2.38. The van der Waals surface area contributed by atoms with Crippen LogP contribution in [-0.4, -0.2) is 11.9 Å². The van der Waals surface area contributed by atoms with Gasteiger partial charge in [0.05, 0.1) is 0 Å². The molecule has 0 unspecified atom stereocenters. The molecule has 2 aliphatic rings. The van der Waals surface area contributed by atoms with Gasteiger partial charge in [-0.2, -0.15) is 0 Å². The van der Waals surface area contributed by atoms with Crippen LogP contribution in [0.2, 0.25) is 10.0 Å². The van der Waals surface area contributed by atoms with E-state index < -0.39 is 0 Å². The number of hydrogen-bond donors (Lipinski definition) is 1. The largest absolute Gasteiger partial charge is 0.353 e. The minimum absolute atomic E-state index is 0.124. The molecule has 2 nitrogen and oxygen atoms in total. The van der Waals surface area contributed by atoms with Gasteiger partial charge in [-0.1, -0.05) is 35.7 Å². The highest BCUT2D eigenvalue weighted by atomic mass is 35.5. The Morgan fingerprint density at radius 1 is 1.20 bits per heavy atom. The third-order valence-electron chi connectivity index (χ3n) is 4.75. The smallest absolute Gasteiger partial charge is 0.220 e. The first-order chi connectivity index (χ1) is 9.63. The molecule has 2 bridgehead atoms. The minimum Gasteiger partial charge on any atom is -0.353 e. The first-order valence-electron chi connectivity index (χ1n) is 7.35. The Balaban J connectivity index is 1.52. The Bertz CT molecular complexity index is 497. The second kappa shape index (κ2) is 5.95. The summed E-state index contributed by atoms with van der Waals surface area (Å²) in [4.78, 5) is 12.1. The Labute approximate surface area is 129 Å². The number of rotatable bonds is 4. The highest BCUT2D eigenvalue weighted by Crippen LogP contribution is 2.44. The summed E-state index contributed by atoms with van der Waals surface area (Å²) in [7, 11) is 0. The molecular weight excluding hydrogens is 293 g/mol.